The van der Waals surface area contributed by atoms with Crippen LogP contribution in [0.3, 0.4) is 0 Å². The van der Waals surface area contributed by atoms with Crippen LogP contribution >= 0.6 is 0 Å². The first-order valence-corrected chi connectivity index (χ1v) is 10.2. The third-order valence-electron chi connectivity index (χ3n) is 5.43. The van der Waals surface area contributed by atoms with Crippen LogP contribution in [-0.4, -0.2) is 17.9 Å². The lowest BCUT2D eigenvalue weighted by molar-refractivity contribution is -0.117. The van der Waals surface area contributed by atoms with Gasteiger partial charge in [-0.25, -0.2) is 0 Å². The number of nitrogens with zero attached hydrogens (tertiary/aromatic N) is 2. The predicted molar refractivity (Wildman–Crippen MR) is 123 cm³/mol. The van der Waals surface area contributed by atoms with Crippen molar-refractivity contribution in [2.24, 2.45) is 0 Å². The first-order chi connectivity index (χ1) is 14.5. The minimum Gasteiger partial charge on any atom is -0.309 e. The van der Waals surface area contributed by atoms with Crippen molar-refractivity contribution >= 4 is 23.2 Å². The normalized spacial score (nSPS) is 18.8. The van der Waals surface area contributed by atoms with Crippen LogP contribution in [0.1, 0.15) is 38.8 Å². The summed E-state index contributed by atoms with van der Waals surface area (Å²) in [7, 11) is 0. The van der Waals surface area contributed by atoms with Gasteiger partial charge >= 0.3 is 0 Å². The molecule has 0 radical (unpaired) electrons. The molecule has 1 heterocycles. The van der Waals surface area contributed by atoms with Crippen LogP contribution in [0.2, 0.25) is 0 Å². The molecule has 154 valence electrons. The number of carbonyl (C=O) groups excluding carboxylic acids is 2. The van der Waals surface area contributed by atoms with Gasteiger partial charge < -0.3 is 9.80 Å². The Kier molecular flexibility index (Phi) is 6.68. The van der Waals surface area contributed by atoms with Gasteiger partial charge in [0.05, 0.1) is 6.04 Å². The summed E-state index contributed by atoms with van der Waals surface area (Å²) in [5.41, 5.74) is 3.27. The van der Waals surface area contributed by atoms with Crippen molar-refractivity contribution in [3.05, 3.63) is 96.6 Å². The van der Waals surface area contributed by atoms with E-state index >= 15 is 0 Å². The highest BCUT2D eigenvalue weighted by Crippen LogP contribution is 2.42. The maximum atomic E-state index is 13.7. The minimum atomic E-state index is -0.186. The number of carbonyl (C=O) groups is 2. The van der Waals surface area contributed by atoms with E-state index in [1.54, 1.807) is 25.2 Å². The number of hydrogen-bond donors (Lipinski definition) is 0. The maximum absolute atomic E-state index is 13.7. The van der Waals surface area contributed by atoms with Gasteiger partial charge in [0.1, 0.15) is 0 Å². The molecule has 2 aromatic carbocycles. The van der Waals surface area contributed by atoms with Crippen LogP contribution < -0.4 is 9.80 Å². The first kappa shape index (κ1) is 21.3. The number of allylic oxidation sites excluding steroid dienone is 3. The summed E-state index contributed by atoms with van der Waals surface area (Å²) in [6.45, 7) is 9.19. The van der Waals surface area contributed by atoms with Crippen molar-refractivity contribution in [2.45, 2.75) is 39.3 Å². The molecule has 0 N–H and O–H groups in total. The summed E-state index contributed by atoms with van der Waals surface area (Å²) in [6.07, 6.45) is 7.68. The average Bonchev–Trinajstić information content (AvgIpc) is 2.75. The van der Waals surface area contributed by atoms with E-state index < -0.39 is 0 Å². The Balaban J connectivity index is 2.16. The molecule has 0 aromatic heterocycles. The van der Waals surface area contributed by atoms with E-state index in [1.165, 1.54) is 0 Å². The van der Waals surface area contributed by atoms with E-state index in [9.17, 15) is 9.59 Å². The summed E-state index contributed by atoms with van der Waals surface area (Å²) in [4.78, 5) is 29.7. The van der Waals surface area contributed by atoms with Gasteiger partial charge in [-0.2, -0.15) is 0 Å². The van der Waals surface area contributed by atoms with E-state index in [1.807, 2.05) is 84.3 Å². The highest BCUT2D eigenvalue weighted by atomic mass is 16.2. The Bertz CT molecular complexity index is 991. The Morgan fingerprint density at radius 3 is 2.40 bits per heavy atom. The fourth-order valence-electron chi connectivity index (χ4n) is 4.14. The smallest absolute Gasteiger partial charge is 0.258 e. The molecule has 0 saturated heterocycles. The lowest BCUT2D eigenvalue weighted by Crippen LogP contribution is -2.47. The lowest BCUT2D eigenvalue weighted by atomic mass is 9.89. The molecule has 3 rings (SSSR count). The van der Waals surface area contributed by atoms with Gasteiger partial charge in [0.2, 0.25) is 5.91 Å². The van der Waals surface area contributed by atoms with Crippen molar-refractivity contribution in [1.82, 2.24) is 0 Å². The molecule has 2 atom stereocenters. The molecule has 0 fully saturated rings. The number of amides is 2. The second-order valence-electron chi connectivity index (χ2n) is 7.40. The number of para-hydroxylation sites is 2. The van der Waals surface area contributed by atoms with Crippen LogP contribution in [0.15, 0.2) is 91.1 Å². The Labute approximate surface area is 178 Å². The minimum absolute atomic E-state index is 0.00838. The van der Waals surface area contributed by atoms with Crippen molar-refractivity contribution in [1.29, 1.82) is 0 Å². The van der Waals surface area contributed by atoms with Crippen LogP contribution in [0.5, 0.6) is 0 Å². The summed E-state index contributed by atoms with van der Waals surface area (Å²) in [5.74, 6) is -0.0703. The molecule has 2 aromatic rings. The van der Waals surface area contributed by atoms with E-state index in [2.05, 4.69) is 6.58 Å². The topological polar surface area (TPSA) is 40.6 Å². The third-order valence-corrected chi connectivity index (χ3v) is 5.43. The quantitative estimate of drug-likeness (QED) is 0.484. The Hall–Kier alpha value is -3.40. The van der Waals surface area contributed by atoms with E-state index in [-0.39, 0.29) is 23.9 Å². The van der Waals surface area contributed by atoms with E-state index in [4.69, 9.17) is 0 Å². The lowest BCUT2D eigenvalue weighted by Gasteiger charge is -2.43. The van der Waals surface area contributed by atoms with Crippen molar-refractivity contribution in [3.63, 3.8) is 0 Å². The van der Waals surface area contributed by atoms with Crippen molar-refractivity contribution in [3.8, 4) is 0 Å². The molecular weight excluding hydrogens is 372 g/mol. The number of hydrogen-bond acceptors (Lipinski definition) is 2. The van der Waals surface area contributed by atoms with Gasteiger partial charge in [-0.1, -0.05) is 61.2 Å². The fraction of sp³-hybridized carbons (Fsp3) is 0.231. The highest BCUT2D eigenvalue weighted by molar-refractivity contribution is 6.08. The molecule has 0 saturated carbocycles. The molecule has 0 aliphatic carbocycles. The van der Waals surface area contributed by atoms with E-state index in [0.29, 0.717) is 12.0 Å². The standard InChI is InChI=1S/C26H28N2O2/c1-5-7-13-21(6-2)26(30)28(22-14-9-8-10-15-22)25-18-19(3)27(20(4)29)24-17-12-11-16-23(24)25/h5-17,19,25H,1,18H2,2-4H3/b13-7-,21-6+. The molecule has 2 amide bonds. The summed E-state index contributed by atoms with van der Waals surface area (Å²) in [5, 5.41) is 0. The van der Waals surface area contributed by atoms with Gasteiger partial charge in [-0.05, 0) is 50.1 Å². The molecule has 0 bridgehead atoms. The van der Waals surface area contributed by atoms with Crippen molar-refractivity contribution < 1.29 is 9.59 Å². The number of benzene rings is 2. The highest BCUT2D eigenvalue weighted by Gasteiger charge is 2.37. The van der Waals surface area contributed by atoms with Crippen LogP contribution in [-0.2, 0) is 9.59 Å². The molecule has 1 aliphatic rings. The third kappa shape index (κ3) is 4.13. The number of anilines is 2. The monoisotopic (exact) mass is 400 g/mol. The molecule has 2 unspecified atom stereocenters. The second kappa shape index (κ2) is 9.40. The Morgan fingerprint density at radius 1 is 1.10 bits per heavy atom. The van der Waals surface area contributed by atoms with Gasteiger partial charge in [0, 0.05) is 29.9 Å². The molecule has 30 heavy (non-hydrogen) atoms. The van der Waals surface area contributed by atoms with Crippen LogP contribution in [0, 0.1) is 0 Å². The number of rotatable bonds is 5. The van der Waals surface area contributed by atoms with Gasteiger partial charge in [-0.3, -0.25) is 9.59 Å². The predicted octanol–water partition coefficient (Wildman–Crippen LogP) is 5.59. The maximum Gasteiger partial charge on any atom is 0.258 e. The van der Waals surface area contributed by atoms with Gasteiger partial charge in [0.15, 0.2) is 0 Å². The molecule has 0 spiro atoms. The summed E-state index contributed by atoms with van der Waals surface area (Å²) in [6, 6.07) is 17.4. The summed E-state index contributed by atoms with van der Waals surface area (Å²) < 4.78 is 0. The fourth-order valence-corrected chi connectivity index (χ4v) is 4.14. The molecular formula is C26H28N2O2. The molecule has 4 heteroatoms. The zero-order valence-electron chi connectivity index (χ0n) is 17.8. The van der Waals surface area contributed by atoms with Crippen LogP contribution in [0.4, 0.5) is 11.4 Å². The Morgan fingerprint density at radius 2 is 1.77 bits per heavy atom. The SMILES string of the molecule is C=C/C=C\C(=C/C)C(=O)N(c1ccccc1)C1CC(C)N(C(C)=O)c2ccccc21. The molecule has 1 aliphatic heterocycles. The van der Waals surface area contributed by atoms with Crippen molar-refractivity contribution in [2.75, 3.05) is 9.80 Å². The first-order valence-electron chi connectivity index (χ1n) is 10.2. The van der Waals surface area contributed by atoms with Crippen LogP contribution in [0.25, 0.3) is 0 Å². The van der Waals surface area contributed by atoms with Gasteiger partial charge in [-0.15, -0.1) is 0 Å². The number of fused-ring (bicyclic) bond motifs is 1. The average molecular weight is 401 g/mol. The zero-order chi connectivity index (χ0) is 21.7. The largest absolute Gasteiger partial charge is 0.309 e. The summed E-state index contributed by atoms with van der Waals surface area (Å²) >= 11 is 0. The molecule has 4 nitrogen and oxygen atoms in total. The van der Waals surface area contributed by atoms with E-state index in [0.717, 1.165) is 16.9 Å². The van der Waals surface area contributed by atoms with Gasteiger partial charge in [0.25, 0.3) is 5.91 Å². The zero-order valence-corrected chi connectivity index (χ0v) is 17.8. The second-order valence-corrected chi connectivity index (χ2v) is 7.40.